The summed E-state index contributed by atoms with van der Waals surface area (Å²) in [4.78, 5) is 11.2. The molecular formula is C23H30N2O2. The van der Waals surface area contributed by atoms with E-state index in [1.54, 1.807) is 0 Å². The van der Waals surface area contributed by atoms with Crippen LogP contribution in [-0.4, -0.2) is 22.8 Å². The molecule has 0 aromatic rings. The molecule has 3 aliphatic rings. The first-order chi connectivity index (χ1) is 13.0. The molecule has 3 aliphatic carbocycles. The predicted molar refractivity (Wildman–Crippen MR) is 109 cm³/mol. The van der Waals surface area contributed by atoms with Crippen LogP contribution in [-0.2, 0) is 4.79 Å². The quantitative estimate of drug-likeness (QED) is 0.595. The molecule has 0 radical (unpaired) electrons. The SMILES string of the molecule is N=C(/C=C/CC1=C2C=CC=CC2CC=C1)CC(O)C1CCC(C(N)=O)CC1. The summed E-state index contributed by atoms with van der Waals surface area (Å²) in [5.41, 5.74) is 8.51. The number of hydrogen-bond acceptors (Lipinski definition) is 3. The van der Waals surface area contributed by atoms with E-state index < -0.39 is 6.10 Å². The highest BCUT2D eigenvalue weighted by atomic mass is 16.3. The number of carbonyl (C=O) groups excluding carboxylic acids is 1. The molecule has 0 spiro atoms. The Morgan fingerprint density at radius 3 is 2.78 bits per heavy atom. The van der Waals surface area contributed by atoms with Gasteiger partial charge in [-0.25, -0.2) is 0 Å². The molecule has 144 valence electrons. The van der Waals surface area contributed by atoms with Crippen LogP contribution >= 0.6 is 0 Å². The molecule has 0 heterocycles. The number of allylic oxidation sites excluding steroid dienone is 10. The van der Waals surface area contributed by atoms with Crippen molar-refractivity contribution in [3.8, 4) is 0 Å². The summed E-state index contributed by atoms with van der Waals surface area (Å²) < 4.78 is 0. The van der Waals surface area contributed by atoms with E-state index in [0.717, 1.165) is 38.5 Å². The van der Waals surface area contributed by atoms with Gasteiger partial charge in [0, 0.05) is 24.0 Å². The fraction of sp³-hybridized carbons (Fsp3) is 0.478. The maximum absolute atomic E-state index is 11.2. The maximum atomic E-state index is 11.2. The van der Waals surface area contributed by atoms with Gasteiger partial charge in [-0.15, -0.1) is 0 Å². The van der Waals surface area contributed by atoms with Crippen molar-refractivity contribution in [1.82, 2.24) is 0 Å². The van der Waals surface area contributed by atoms with Gasteiger partial charge in [0.25, 0.3) is 0 Å². The Hall–Kier alpha value is -2.20. The van der Waals surface area contributed by atoms with E-state index in [1.165, 1.54) is 11.1 Å². The van der Waals surface area contributed by atoms with Crippen LogP contribution in [0.3, 0.4) is 0 Å². The van der Waals surface area contributed by atoms with Crippen LogP contribution in [0.25, 0.3) is 0 Å². The lowest BCUT2D eigenvalue weighted by molar-refractivity contribution is -0.123. The zero-order valence-electron chi connectivity index (χ0n) is 15.8. The van der Waals surface area contributed by atoms with Crippen LogP contribution in [0.1, 0.15) is 44.9 Å². The molecule has 0 bridgehead atoms. The summed E-state index contributed by atoms with van der Waals surface area (Å²) in [5, 5.41) is 18.6. The molecule has 0 aromatic carbocycles. The molecule has 2 atom stereocenters. The number of nitrogens with two attached hydrogens (primary N) is 1. The Morgan fingerprint density at radius 2 is 2.04 bits per heavy atom. The van der Waals surface area contributed by atoms with Gasteiger partial charge >= 0.3 is 0 Å². The van der Waals surface area contributed by atoms with Gasteiger partial charge in [-0.1, -0.05) is 42.5 Å². The van der Waals surface area contributed by atoms with E-state index in [-0.39, 0.29) is 17.7 Å². The largest absolute Gasteiger partial charge is 0.392 e. The van der Waals surface area contributed by atoms with Crippen molar-refractivity contribution in [2.75, 3.05) is 0 Å². The molecule has 1 amide bonds. The zero-order chi connectivity index (χ0) is 19.2. The molecule has 0 saturated heterocycles. The molecule has 0 aromatic heterocycles. The third kappa shape index (κ3) is 5.16. The fourth-order valence-electron chi connectivity index (χ4n) is 4.35. The van der Waals surface area contributed by atoms with Crippen molar-refractivity contribution in [2.45, 2.75) is 51.0 Å². The number of aliphatic hydroxyl groups excluding tert-OH is 1. The van der Waals surface area contributed by atoms with Crippen LogP contribution in [0.2, 0.25) is 0 Å². The maximum Gasteiger partial charge on any atom is 0.220 e. The third-order valence-corrected chi connectivity index (χ3v) is 6.01. The van der Waals surface area contributed by atoms with E-state index in [4.69, 9.17) is 11.1 Å². The van der Waals surface area contributed by atoms with Gasteiger partial charge in [-0.3, -0.25) is 4.79 Å². The summed E-state index contributed by atoms with van der Waals surface area (Å²) in [5.74, 6) is 0.385. The lowest BCUT2D eigenvalue weighted by Gasteiger charge is -2.30. The van der Waals surface area contributed by atoms with Crippen molar-refractivity contribution in [1.29, 1.82) is 5.41 Å². The second-order valence-corrected chi connectivity index (χ2v) is 7.89. The Balaban J connectivity index is 1.47. The molecule has 4 N–H and O–H groups in total. The van der Waals surface area contributed by atoms with Crippen LogP contribution in [0, 0.1) is 23.2 Å². The van der Waals surface area contributed by atoms with Gasteiger partial charge < -0.3 is 16.2 Å². The van der Waals surface area contributed by atoms with Crippen molar-refractivity contribution >= 4 is 11.6 Å². The number of carbonyl (C=O) groups is 1. The normalized spacial score (nSPS) is 28.4. The van der Waals surface area contributed by atoms with E-state index in [0.29, 0.717) is 18.1 Å². The van der Waals surface area contributed by atoms with Gasteiger partial charge in [0.2, 0.25) is 5.91 Å². The van der Waals surface area contributed by atoms with Gasteiger partial charge in [0.05, 0.1) is 6.10 Å². The lowest BCUT2D eigenvalue weighted by Crippen LogP contribution is -2.32. The first kappa shape index (κ1) is 19.6. The molecule has 3 rings (SSSR count). The molecule has 2 unspecified atom stereocenters. The van der Waals surface area contributed by atoms with Crippen LogP contribution < -0.4 is 5.73 Å². The molecule has 0 aliphatic heterocycles. The van der Waals surface area contributed by atoms with E-state index in [2.05, 4.69) is 36.5 Å². The second kappa shape index (κ2) is 9.14. The molecule has 4 heteroatoms. The Morgan fingerprint density at radius 1 is 1.26 bits per heavy atom. The number of primary amides is 1. The fourth-order valence-corrected chi connectivity index (χ4v) is 4.35. The minimum Gasteiger partial charge on any atom is -0.392 e. The van der Waals surface area contributed by atoms with Crippen LogP contribution in [0.4, 0.5) is 0 Å². The average molecular weight is 367 g/mol. The van der Waals surface area contributed by atoms with E-state index >= 15 is 0 Å². The Kier molecular flexibility index (Phi) is 6.62. The minimum absolute atomic E-state index is 0.0432. The molecule has 1 saturated carbocycles. The summed E-state index contributed by atoms with van der Waals surface area (Å²) >= 11 is 0. The number of nitrogens with one attached hydrogen (secondary N) is 1. The number of amides is 1. The summed E-state index contributed by atoms with van der Waals surface area (Å²) in [7, 11) is 0. The highest BCUT2D eigenvalue weighted by Gasteiger charge is 2.29. The number of fused-ring (bicyclic) bond motifs is 1. The number of rotatable bonds is 7. The van der Waals surface area contributed by atoms with Gasteiger partial charge in [-0.05, 0) is 61.7 Å². The van der Waals surface area contributed by atoms with Gasteiger partial charge in [-0.2, -0.15) is 0 Å². The molecular weight excluding hydrogens is 336 g/mol. The predicted octanol–water partition coefficient (Wildman–Crippen LogP) is 3.99. The van der Waals surface area contributed by atoms with E-state index in [9.17, 15) is 9.90 Å². The summed E-state index contributed by atoms with van der Waals surface area (Å²) in [6.07, 6.45) is 21.8. The van der Waals surface area contributed by atoms with E-state index in [1.807, 2.05) is 12.2 Å². The molecule has 27 heavy (non-hydrogen) atoms. The first-order valence-electron chi connectivity index (χ1n) is 10.0. The van der Waals surface area contributed by atoms with Gasteiger partial charge in [0.15, 0.2) is 0 Å². The van der Waals surface area contributed by atoms with Crippen LogP contribution in [0.15, 0.2) is 59.8 Å². The average Bonchev–Trinajstić information content (AvgIpc) is 2.68. The van der Waals surface area contributed by atoms with Crippen molar-refractivity contribution in [3.05, 3.63) is 59.8 Å². The number of aliphatic hydroxyl groups is 1. The van der Waals surface area contributed by atoms with Crippen molar-refractivity contribution in [2.24, 2.45) is 23.5 Å². The Labute approximate surface area is 161 Å². The second-order valence-electron chi connectivity index (χ2n) is 7.89. The first-order valence-corrected chi connectivity index (χ1v) is 10.0. The number of hydrogen-bond donors (Lipinski definition) is 3. The standard InChI is InChI=1S/C23H30N2O2/c24-20(15-22(26)18-11-13-19(14-12-18)23(25)27)9-4-8-17-7-3-6-16-5-1-2-10-21(16)17/h1-5,7,9-10,16,18-19,22,24,26H,6,8,11-15H2,(H2,25,27)/b9-4+,24-20?. The Bertz CT molecular complexity index is 719. The summed E-state index contributed by atoms with van der Waals surface area (Å²) in [6.45, 7) is 0. The molecule has 4 nitrogen and oxygen atoms in total. The molecule has 1 fully saturated rings. The van der Waals surface area contributed by atoms with Crippen LogP contribution in [0.5, 0.6) is 0 Å². The summed E-state index contributed by atoms with van der Waals surface area (Å²) in [6, 6.07) is 0. The van der Waals surface area contributed by atoms with Crippen molar-refractivity contribution < 1.29 is 9.90 Å². The topological polar surface area (TPSA) is 87.2 Å². The monoisotopic (exact) mass is 366 g/mol. The highest BCUT2D eigenvalue weighted by molar-refractivity contribution is 5.92. The minimum atomic E-state index is -0.511. The highest BCUT2D eigenvalue weighted by Crippen LogP contribution is 2.33. The lowest BCUT2D eigenvalue weighted by atomic mass is 9.78. The third-order valence-electron chi connectivity index (χ3n) is 6.01. The smallest absolute Gasteiger partial charge is 0.220 e. The van der Waals surface area contributed by atoms with Crippen molar-refractivity contribution in [3.63, 3.8) is 0 Å². The zero-order valence-corrected chi connectivity index (χ0v) is 15.8. The van der Waals surface area contributed by atoms with Gasteiger partial charge in [0.1, 0.15) is 0 Å².